The molecule has 3 aromatic rings. The van der Waals surface area contributed by atoms with Crippen molar-refractivity contribution < 1.29 is 44.7 Å². The van der Waals surface area contributed by atoms with Crippen molar-refractivity contribution in [3.05, 3.63) is 98.8 Å². The second-order valence-electron chi connectivity index (χ2n) is 8.86. The molecule has 1 aliphatic heterocycles. The van der Waals surface area contributed by atoms with Crippen LogP contribution in [-0.4, -0.2) is 41.9 Å². The minimum absolute atomic E-state index is 0.0275. The Labute approximate surface area is 217 Å². The molecule has 0 aliphatic carbocycles. The zero-order valence-electron chi connectivity index (χ0n) is 20.1. The van der Waals surface area contributed by atoms with E-state index in [0.717, 1.165) is 6.26 Å². The molecule has 1 aromatic heterocycles. The van der Waals surface area contributed by atoms with Crippen LogP contribution < -0.4 is 10.2 Å². The number of amides is 1. The summed E-state index contributed by atoms with van der Waals surface area (Å²) < 4.78 is 103. The third-order valence-electron chi connectivity index (χ3n) is 6.01. The van der Waals surface area contributed by atoms with Crippen LogP contribution in [0.5, 0.6) is 5.75 Å². The SMILES string of the molecule is O=C(c1cc(C(F)(F)F)cc(C(F)(F)F)c1)N1CCN(Cc2cc(=O)c(OCc3cccc(F)c3)co2)CC1. The number of hydrogen-bond acceptors (Lipinski definition) is 5. The van der Waals surface area contributed by atoms with Gasteiger partial charge in [-0.3, -0.25) is 14.5 Å². The standard InChI is InChI=1S/C26H21F7N2O4/c27-20-3-1-2-16(8-20)14-39-23-15-38-21(12-22(23)36)13-34-4-6-35(7-5-34)24(37)17-9-18(25(28,29)30)11-19(10-17)26(31,32)33/h1-3,8-12,15H,4-7,13-14H2. The van der Waals surface area contributed by atoms with E-state index in [1.54, 1.807) is 6.07 Å². The Hall–Kier alpha value is -3.87. The number of benzene rings is 2. The van der Waals surface area contributed by atoms with E-state index in [4.69, 9.17) is 9.15 Å². The minimum atomic E-state index is -5.06. The van der Waals surface area contributed by atoms with Gasteiger partial charge in [0.05, 0.1) is 17.7 Å². The summed E-state index contributed by atoms with van der Waals surface area (Å²) in [4.78, 5) is 28.1. The first-order chi connectivity index (χ1) is 18.3. The van der Waals surface area contributed by atoms with Crippen molar-refractivity contribution in [1.82, 2.24) is 9.80 Å². The Morgan fingerprint density at radius 1 is 0.897 bits per heavy atom. The predicted octanol–water partition coefficient (Wildman–Crippen LogP) is 5.35. The maximum atomic E-state index is 13.3. The first-order valence-electron chi connectivity index (χ1n) is 11.6. The summed E-state index contributed by atoms with van der Waals surface area (Å²) in [6.07, 6.45) is -8.99. The Balaban J connectivity index is 1.36. The molecule has 39 heavy (non-hydrogen) atoms. The molecule has 208 valence electrons. The minimum Gasteiger partial charge on any atom is -0.482 e. The van der Waals surface area contributed by atoms with Crippen molar-refractivity contribution >= 4 is 5.91 Å². The lowest BCUT2D eigenvalue weighted by Gasteiger charge is -2.34. The van der Waals surface area contributed by atoms with Gasteiger partial charge in [0.2, 0.25) is 11.2 Å². The van der Waals surface area contributed by atoms with Gasteiger partial charge in [-0.15, -0.1) is 0 Å². The van der Waals surface area contributed by atoms with Crippen molar-refractivity contribution in [2.75, 3.05) is 26.2 Å². The van der Waals surface area contributed by atoms with E-state index < -0.39 is 46.2 Å². The quantitative estimate of drug-likeness (QED) is 0.382. The van der Waals surface area contributed by atoms with Crippen LogP contribution in [0.1, 0.15) is 32.8 Å². The van der Waals surface area contributed by atoms with Crippen molar-refractivity contribution in [3.63, 3.8) is 0 Å². The van der Waals surface area contributed by atoms with Crippen LogP contribution in [0.15, 0.2) is 64.0 Å². The average Bonchev–Trinajstić information content (AvgIpc) is 2.87. The van der Waals surface area contributed by atoms with Gasteiger partial charge < -0.3 is 14.1 Å². The monoisotopic (exact) mass is 558 g/mol. The van der Waals surface area contributed by atoms with E-state index in [9.17, 15) is 40.3 Å². The Kier molecular flexibility index (Phi) is 8.00. The average molecular weight is 558 g/mol. The molecule has 2 heterocycles. The molecule has 6 nitrogen and oxygen atoms in total. The Morgan fingerprint density at radius 3 is 2.10 bits per heavy atom. The normalized spacial score (nSPS) is 14.9. The number of nitrogens with zero attached hydrogens (tertiary/aromatic N) is 2. The Bertz CT molecular complexity index is 1360. The van der Waals surface area contributed by atoms with Crippen LogP contribution in [0.3, 0.4) is 0 Å². The summed E-state index contributed by atoms with van der Waals surface area (Å²) in [5, 5.41) is 0. The highest BCUT2D eigenvalue weighted by Crippen LogP contribution is 2.36. The zero-order valence-corrected chi connectivity index (χ0v) is 20.1. The molecule has 0 unspecified atom stereocenters. The summed E-state index contributed by atoms with van der Waals surface area (Å²) in [6, 6.07) is 7.70. The number of alkyl halides is 6. The van der Waals surface area contributed by atoms with Gasteiger partial charge in [0.25, 0.3) is 5.91 Å². The number of hydrogen-bond donors (Lipinski definition) is 0. The summed E-state index contributed by atoms with van der Waals surface area (Å²) in [7, 11) is 0. The van der Waals surface area contributed by atoms with Gasteiger partial charge in [0, 0.05) is 37.8 Å². The molecule has 0 N–H and O–H groups in total. The van der Waals surface area contributed by atoms with Crippen molar-refractivity contribution in [2.24, 2.45) is 0 Å². The van der Waals surface area contributed by atoms with Gasteiger partial charge in [0.1, 0.15) is 24.4 Å². The fourth-order valence-electron chi connectivity index (χ4n) is 4.00. The maximum Gasteiger partial charge on any atom is 0.416 e. The van der Waals surface area contributed by atoms with E-state index in [1.807, 2.05) is 4.90 Å². The van der Waals surface area contributed by atoms with Gasteiger partial charge in [-0.05, 0) is 35.9 Å². The van der Waals surface area contributed by atoms with Crippen LogP contribution in [0, 0.1) is 5.82 Å². The highest BCUT2D eigenvalue weighted by Gasteiger charge is 2.38. The molecule has 0 radical (unpaired) electrons. The number of ether oxygens (including phenoxy) is 1. The summed E-state index contributed by atoms with van der Waals surface area (Å²) >= 11 is 0. The smallest absolute Gasteiger partial charge is 0.416 e. The summed E-state index contributed by atoms with van der Waals surface area (Å²) in [5.74, 6) is -1.18. The summed E-state index contributed by atoms with van der Waals surface area (Å²) in [6.45, 7) is 0.666. The van der Waals surface area contributed by atoms with Crippen LogP contribution in [0.2, 0.25) is 0 Å². The maximum absolute atomic E-state index is 13.3. The van der Waals surface area contributed by atoms with Crippen LogP contribution in [-0.2, 0) is 25.5 Å². The fourth-order valence-corrected chi connectivity index (χ4v) is 4.00. The number of carbonyl (C=O) groups is 1. The molecular formula is C26H21F7N2O4. The molecule has 1 fully saturated rings. The molecule has 0 saturated carbocycles. The van der Waals surface area contributed by atoms with Crippen molar-refractivity contribution in [3.8, 4) is 5.75 Å². The lowest BCUT2D eigenvalue weighted by molar-refractivity contribution is -0.143. The zero-order chi connectivity index (χ0) is 28.4. The number of piperazine rings is 1. The molecule has 0 spiro atoms. The van der Waals surface area contributed by atoms with Gasteiger partial charge in [-0.2, -0.15) is 26.3 Å². The first kappa shape index (κ1) is 28.1. The summed E-state index contributed by atoms with van der Waals surface area (Å²) in [5.41, 5.74) is -3.77. The number of rotatable bonds is 6. The van der Waals surface area contributed by atoms with Gasteiger partial charge >= 0.3 is 12.4 Å². The second-order valence-corrected chi connectivity index (χ2v) is 8.86. The topological polar surface area (TPSA) is 63.0 Å². The molecule has 13 heteroatoms. The predicted molar refractivity (Wildman–Crippen MR) is 123 cm³/mol. The molecule has 1 saturated heterocycles. The molecule has 1 aliphatic rings. The van der Waals surface area contributed by atoms with Crippen LogP contribution in [0.25, 0.3) is 0 Å². The van der Waals surface area contributed by atoms with Gasteiger partial charge in [0.15, 0.2) is 0 Å². The van der Waals surface area contributed by atoms with E-state index in [-0.39, 0.29) is 56.9 Å². The van der Waals surface area contributed by atoms with Crippen molar-refractivity contribution in [1.29, 1.82) is 0 Å². The highest BCUT2D eigenvalue weighted by atomic mass is 19.4. The van der Waals surface area contributed by atoms with Crippen LogP contribution in [0.4, 0.5) is 30.7 Å². The highest BCUT2D eigenvalue weighted by molar-refractivity contribution is 5.94. The number of carbonyl (C=O) groups excluding carboxylic acids is 1. The molecule has 2 aromatic carbocycles. The van der Waals surface area contributed by atoms with Crippen molar-refractivity contribution in [2.45, 2.75) is 25.5 Å². The third kappa shape index (κ3) is 7.16. The molecule has 0 atom stereocenters. The lowest BCUT2D eigenvalue weighted by atomic mass is 10.0. The largest absolute Gasteiger partial charge is 0.482 e. The van der Waals surface area contributed by atoms with Gasteiger partial charge in [-0.25, -0.2) is 4.39 Å². The molecular weight excluding hydrogens is 537 g/mol. The molecule has 1 amide bonds. The second kappa shape index (κ2) is 11.1. The number of halogens is 7. The van der Waals surface area contributed by atoms with E-state index in [2.05, 4.69) is 0 Å². The van der Waals surface area contributed by atoms with E-state index >= 15 is 0 Å². The van der Waals surface area contributed by atoms with E-state index in [1.165, 1.54) is 29.2 Å². The Morgan fingerprint density at radius 2 is 1.54 bits per heavy atom. The molecule has 4 rings (SSSR count). The van der Waals surface area contributed by atoms with Gasteiger partial charge in [-0.1, -0.05) is 12.1 Å². The third-order valence-corrected chi connectivity index (χ3v) is 6.01. The van der Waals surface area contributed by atoms with E-state index in [0.29, 0.717) is 17.7 Å². The first-order valence-corrected chi connectivity index (χ1v) is 11.6. The van der Waals surface area contributed by atoms with Crippen LogP contribution >= 0.6 is 0 Å². The molecule has 0 bridgehead atoms. The fraction of sp³-hybridized carbons (Fsp3) is 0.308. The lowest BCUT2D eigenvalue weighted by Crippen LogP contribution is -2.48.